The molecule has 3 aromatic rings. The minimum Gasteiger partial charge on any atom is -0.266 e. The number of nitrogens with zero attached hydrogens (tertiary/aromatic N) is 3. The van der Waals surface area contributed by atoms with Gasteiger partial charge in [-0.25, -0.2) is 9.98 Å². The first-order chi connectivity index (χ1) is 15.2. The maximum Gasteiger partial charge on any atom is 0.282 e. The van der Waals surface area contributed by atoms with Gasteiger partial charge in [0.2, 0.25) is 0 Å². The van der Waals surface area contributed by atoms with Crippen molar-refractivity contribution in [2.75, 3.05) is 0 Å². The highest BCUT2D eigenvalue weighted by Gasteiger charge is 2.35. The fourth-order valence-electron chi connectivity index (χ4n) is 3.76. The summed E-state index contributed by atoms with van der Waals surface area (Å²) in [7, 11) is 0. The molecular formula is C27H21N3O. The van der Waals surface area contributed by atoms with Gasteiger partial charge in [-0.15, -0.1) is 0 Å². The van der Waals surface area contributed by atoms with E-state index in [-0.39, 0.29) is 5.91 Å². The highest BCUT2D eigenvalue weighted by molar-refractivity contribution is 6.48. The zero-order chi connectivity index (χ0) is 21.2. The normalized spacial score (nSPS) is 16.7. The smallest absolute Gasteiger partial charge is 0.266 e. The maximum absolute atomic E-state index is 13.2. The van der Waals surface area contributed by atoms with Gasteiger partial charge >= 0.3 is 0 Å². The lowest BCUT2D eigenvalue weighted by atomic mass is 10.0. The van der Waals surface area contributed by atoms with E-state index in [1.165, 1.54) is 0 Å². The summed E-state index contributed by atoms with van der Waals surface area (Å²) in [6, 6.07) is 28.1. The molecule has 0 radical (unpaired) electrons. The Hall–Kier alpha value is -4.05. The molecule has 3 aromatic carbocycles. The second-order valence-corrected chi connectivity index (χ2v) is 7.66. The van der Waals surface area contributed by atoms with Gasteiger partial charge in [0.1, 0.15) is 5.70 Å². The molecule has 31 heavy (non-hydrogen) atoms. The van der Waals surface area contributed by atoms with Crippen LogP contribution in [0.3, 0.4) is 0 Å². The van der Waals surface area contributed by atoms with Gasteiger partial charge in [-0.1, -0.05) is 84.4 Å². The number of benzene rings is 3. The lowest BCUT2D eigenvalue weighted by Gasteiger charge is -2.22. The van der Waals surface area contributed by atoms with Crippen molar-refractivity contribution < 1.29 is 4.79 Å². The molecule has 0 fully saturated rings. The molecule has 0 spiro atoms. The first-order valence-corrected chi connectivity index (χ1v) is 10.3. The monoisotopic (exact) mass is 403 g/mol. The van der Waals surface area contributed by atoms with E-state index >= 15 is 0 Å². The first-order valence-electron chi connectivity index (χ1n) is 10.3. The minimum atomic E-state index is -0.135. The highest BCUT2D eigenvalue weighted by Crippen LogP contribution is 2.29. The second kappa shape index (κ2) is 8.00. The van der Waals surface area contributed by atoms with Gasteiger partial charge in [0.05, 0.1) is 11.4 Å². The predicted molar refractivity (Wildman–Crippen MR) is 125 cm³/mol. The number of amidine groups is 1. The summed E-state index contributed by atoms with van der Waals surface area (Å²) in [5.41, 5.74) is 6.18. The molecule has 0 bridgehead atoms. The molecule has 2 aliphatic heterocycles. The number of carbonyl (C=O) groups excluding carboxylic acids is 1. The quantitative estimate of drug-likeness (QED) is 0.547. The van der Waals surface area contributed by atoms with Crippen molar-refractivity contribution in [2.45, 2.75) is 13.3 Å². The van der Waals surface area contributed by atoms with Crippen LogP contribution in [0.2, 0.25) is 0 Å². The summed E-state index contributed by atoms with van der Waals surface area (Å²) in [6.45, 7) is 2.05. The van der Waals surface area contributed by atoms with Crippen LogP contribution < -0.4 is 0 Å². The third-order valence-electron chi connectivity index (χ3n) is 5.29. The van der Waals surface area contributed by atoms with Gasteiger partial charge in [-0.2, -0.15) is 0 Å². The zero-order valence-corrected chi connectivity index (χ0v) is 17.2. The topological polar surface area (TPSA) is 45.0 Å². The van der Waals surface area contributed by atoms with Crippen LogP contribution in [0.15, 0.2) is 107 Å². The molecule has 0 aliphatic carbocycles. The molecule has 150 valence electrons. The van der Waals surface area contributed by atoms with Crippen molar-refractivity contribution in [3.63, 3.8) is 0 Å². The molecule has 0 unspecified atom stereocenters. The van der Waals surface area contributed by atoms with Gasteiger partial charge in [0.15, 0.2) is 5.84 Å². The second-order valence-electron chi connectivity index (χ2n) is 7.66. The molecular weight excluding hydrogens is 382 g/mol. The van der Waals surface area contributed by atoms with Gasteiger partial charge in [0, 0.05) is 18.2 Å². The van der Waals surface area contributed by atoms with Crippen molar-refractivity contribution in [3.8, 4) is 0 Å². The number of aliphatic imine (C=N–C) groups is 2. The van der Waals surface area contributed by atoms with Crippen LogP contribution >= 0.6 is 0 Å². The number of hydrogen-bond donors (Lipinski definition) is 0. The predicted octanol–water partition coefficient (Wildman–Crippen LogP) is 5.27. The largest absolute Gasteiger partial charge is 0.282 e. The number of aryl methyl sites for hydroxylation is 1. The molecule has 0 saturated carbocycles. The molecule has 1 amide bonds. The van der Waals surface area contributed by atoms with E-state index in [0.717, 1.165) is 33.7 Å². The highest BCUT2D eigenvalue weighted by atomic mass is 16.2. The van der Waals surface area contributed by atoms with Crippen molar-refractivity contribution >= 4 is 29.2 Å². The van der Waals surface area contributed by atoms with Crippen molar-refractivity contribution in [1.82, 2.24) is 4.90 Å². The maximum atomic E-state index is 13.2. The summed E-state index contributed by atoms with van der Waals surface area (Å²) in [5.74, 6) is 0.469. The molecule has 5 rings (SSSR count). The summed E-state index contributed by atoms with van der Waals surface area (Å²) in [6.07, 6.45) is 4.23. The average molecular weight is 403 g/mol. The Labute approximate surface area is 181 Å². The molecule has 2 heterocycles. The first kappa shape index (κ1) is 18.9. The van der Waals surface area contributed by atoms with E-state index in [9.17, 15) is 4.79 Å². The Kier molecular flexibility index (Phi) is 4.89. The van der Waals surface area contributed by atoms with Gasteiger partial charge < -0.3 is 0 Å². The minimum absolute atomic E-state index is 0.135. The number of carbonyl (C=O) groups is 1. The standard InChI is InChI=1S/C27H21N3O/c1-19-9-8-14-22(15-19)25-18-30-26(23(28-25)16-20-10-4-2-5-11-20)29-24(27(30)31)17-21-12-6-3-7-13-21/h2-15,17-18H,16H2,1H3/b24-17-. The number of amides is 1. The molecule has 0 atom stereocenters. The van der Waals surface area contributed by atoms with Gasteiger partial charge in [-0.05, 0) is 30.2 Å². The molecule has 0 N–H and O–H groups in total. The van der Waals surface area contributed by atoms with Gasteiger partial charge in [-0.3, -0.25) is 9.69 Å². The molecule has 2 aliphatic rings. The van der Waals surface area contributed by atoms with Crippen molar-refractivity contribution in [2.24, 2.45) is 9.98 Å². The van der Waals surface area contributed by atoms with E-state index in [2.05, 4.69) is 36.2 Å². The summed E-state index contributed by atoms with van der Waals surface area (Å²) in [5, 5.41) is 0. The van der Waals surface area contributed by atoms with Crippen LogP contribution in [0.5, 0.6) is 0 Å². The summed E-state index contributed by atoms with van der Waals surface area (Å²) in [4.78, 5) is 24.5. The number of hydrogen-bond acceptors (Lipinski definition) is 3. The van der Waals surface area contributed by atoms with Crippen LogP contribution in [-0.2, 0) is 11.2 Å². The fourth-order valence-corrected chi connectivity index (χ4v) is 3.76. The lowest BCUT2D eigenvalue weighted by Crippen LogP contribution is -2.36. The third-order valence-corrected chi connectivity index (χ3v) is 5.29. The fraction of sp³-hybridized carbons (Fsp3) is 0.0741. The van der Waals surface area contributed by atoms with E-state index in [0.29, 0.717) is 18.0 Å². The Morgan fingerprint density at radius 1 is 0.871 bits per heavy atom. The van der Waals surface area contributed by atoms with E-state index < -0.39 is 0 Å². The van der Waals surface area contributed by atoms with Crippen LogP contribution in [0.4, 0.5) is 0 Å². The third kappa shape index (κ3) is 3.88. The molecule has 0 aromatic heterocycles. The Balaban J connectivity index is 1.59. The van der Waals surface area contributed by atoms with E-state index in [1.807, 2.05) is 66.7 Å². The SMILES string of the molecule is Cc1cccc(C2=CN3C(=O)/C(=C/c4ccccc4)N=C3C(Cc3ccccc3)=N2)c1. The van der Waals surface area contributed by atoms with Crippen LogP contribution in [0.25, 0.3) is 11.8 Å². The molecule has 4 heteroatoms. The summed E-state index contributed by atoms with van der Waals surface area (Å²) >= 11 is 0. The Morgan fingerprint density at radius 3 is 2.35 bits per heavy atom. The van der Waals surface area contributed by atoms with Crippen LogP contribution in [0, 0.1) is 6.92 Å². The summed E-state index contributed by atoms with van der Waals surface area (Å²) < 4.78 is 0. The number of fused-ring (bicyclic) bond motifs is 1. The Bertz CT molecular complexity index is 1270. The molecule has 0 saturated heterocycles. The zero-order valence-electron chi connectivity index (χ0n) is 17.2. The van der Waals surface area contributed by atoms with Gasteiger partial charge in [0.25, 0.3) is 5.91 Å². The lowest BCUT2D eigenvalue weighted by molar-refractivity contribution is -0.120. The average Bonchev–Trinajstić information content (AvgIpc) is 3.11. The van der Waals surface area contributed by atoms with E-state index in [1.54, 1.807) is 11.1 Å². The van der Waals surface area contributed by atoms with Crippen molar-refractivity contribution in [1.29, 1.82) is 0 Å². The van der Waals surface area contributed by atoms with Crippen molar-refractivity contribution in [3.05, 3.63) is 119 Å². The van der Waals surface area contributed by atoms with Crippen LogP contribution in [-0.4, -0.2) is 22.4 Å². The van der Waals surface area contributed by atoms with E-state index in [4.69, 9.17) is 4.99 Å². The number of rotatable bonds is 4. The Morgan fingerprint density at radius 2 is 1.61 bits per heavy atom. The molecule has 4 nitrogen and oxygen atoms in total. The van der Waals surface area contributed by atoms with Crippen LogP contribution in [0.1, 0.15) is 22.3 Å².